The van der Waals surface area contributed by atoms with E-state index in [1.807, 2.05) is 0 Å². The molecule has 0 fully saturated rings. The summed E-state index contributed by atoms with van der Waals surface area (Å²) in [6.07, 6.45) is 1.36. The summed E-state index contributed by atoms with van der Waals surface area (Å²) in [5.41, 5.74) is 0.390. The number of sulfone groups is 1. The zero-order chi connectivity index (χ0) is 18.4. The number of nitrogens with one attached hydrogen (secondary N) is 1. The molecule has 0 unspecified atom stereocenters. The monoisotopic (exact) mass is 368 g/mol. The fraction of sp³-hybridized carbons (Fsp3) is 0.375. The minimum atomic E-state index is -3.36. The molecule has 1 heterocycles. The third-order valence-electron chi connectivity index (χ3n) is 3.33. The molecule has 0 radical (unpaired) electrons. The van der Waals surface area contributed by atoms with Crippen LogP contribution in [-0.2, 0) is 25.8 Å². The highest BCUT2D eigenvalue weighted by Crippen LogP contribution is 2.30. The molecule has 0 aliphatic carbocycles. The van der Waals surface area contributed by atoms with Crippen molar-refractivity contribution in [2.24, 2.45) is 0 Å². The minimum absolute atomic E-state index is 0.0124. The summed E-state index contributed by atoms with van der Waals surface area (Å²) in [4.78, 5) is 15.6. The molecular weight excluding hydrogens is 348 g/mol. The van der Waals surface area contributed by atoms with E-state index in [1.165, 1.54) is 25.4 Å². The predicted molar refractivity (Wildman–Crippen MR) is 90.8 cm³/mol. The van der Waals surface area contributed by atoms with Gasteiger partial charge in [-0.25, -0.2) is 13.4 Å². The van der Waals surface area contributed by atoms with Crippen LogP contribution in [0.1, 0.15) is 19.6 Å². The normalized spacial score (nSPS) is 11.2. The Labute approximate surface area is 146 Å². The zero-order valence-corrected chi connectivity index (χ0v) is 15.1. The molecular formula is C16H20N2O6S. The number of hydrogen-bond acceptors (Lipinski definition) is 8. The number of esters is 1. The summed E-state index contributed by atoms with van der Waals surface area (Å²) >= 11 is 0. The Kier molecular flexibility index (Phi) is 6.02. The van der Waals surface area contributed by atoms with E-state index >= 15 is 0 Å². The Hall–Kier alpha value is -2.55. The van der Waals surface area contributed by atoms with E-state index in [1.54, 1.807) is 19.9 Å². The lowest BCUT2D eigenvalue weighted by molar-refractivity contribution is -0.142. The number of oxazole rings is 1. The van der Waals surface area contributed by atoms with Gasteiger partial charge in [-0.2, -0.15) is 0 Å². The first-order valence-corrected chi connectivity index (χ1v) is 9.33. The molecule has 9 heteroatoms. The van der Waals surface area contributed by atoms with Crippen molar-refractivity contribution in [3.8, 4) is 5.75 Å². The molecule has 0 bridgehead atoms. The number of aromatic nitrogens is 1. The van der Waals surface area contributed by atoms with Gasteiger partial charge in [-0.3, -0.25) is 4.79 Å². The van der Waals surface area contributed by atoms with E-state index in [0.29, 0.717) is 17.2 Å². The quantitative estimate of drug-likeness (QED) is 0.707. The van der Waals surface area contributed by atoms with Gasteiger partial charge in [-0.05, 0) is 25.1 Å². The SMILES string of the molecule is CCOC(=O)Cc1cnc(Nc2cc(S(=O)(=O)CC)ccc2OC)o1. The molecule has 0 atom stereocenters. The maximum Gasteiger partial charge on any atom is 0.313 e. The van der Waals surface area contributed by atoms with Crippen LogP contribution in [0.15, 0.2) is 33.7 Å². The Balaban J connectivity index is 2.23. The molecule has 0 aliphatic rings. The molecule has 25 heavy (non-hydrogen) atoms. The molecule has 0 saturated heterocycles. The summed E-state index contributed by atoms with van der Waals surface area (Å²) in [6, 6.07) is 4.59. The fourth-order valence-corrected chi connectivity index (χ4v) is 2.97. The van der Waals surface area contributed by atoms with Gasteiger partial charge in [0.15, 0.2) is 9.84 Å². The largest absolute Gasteiger partial charge is 0.495 e. The Morgan fingerprint density at radius 1 is 1.32 bits per heavy atom. The van der Waals surface area contributed by atoms with E-state index in [0.717, 1.165) is 0 Å². The van der Waals surface area contributed by atoms with Crippen molar-refractivity contribution in [1.29, 1.82) is 0 Å². The molecule has 0 saturated carbocycles. The highest BCUT2D eigenvalue weighted by Gasteiger charge is 2.16. The second-order valence-electron chi connectivity index (χ2n) is 5.00. The lowest BCUT2D eigenvalue weighted by Crippen LogP contribution is -2.06. The van der Waals surface area contributed by atoms with Crippen LogP contribution < -0.4 is 10.1 Å². The summed E-state index contributed by atoms with van der Waals surface area (Å²) in [7, 11) is -1.89. The van der Waals surface area contributed by atoms with E-state index < -0.39 is 15.8 Å². The lowest BCUT2D eigenvalue weighted by atomic mass is 10.3. The second-order valence-corrected chi connectivity index (χ2v) is 7.28. The summed E-state index contributed by atoms with van der Waals surface area (Å²) in [6.45, 7) is 3.57. The van der Waals surface area contributed by atoms with Crippen LogP contribution in [0.4, 0.5) is 11.7 Å². The fourth-order valence-electron chi connectivity index (χ4n) is 2.06. The van der Waals surface area contributed by atoms with Crippen LogP contribution >= 0.6 is 0 Å². The van der Waals surface area contributed by atoms with Crippen LogP contribution in [0.2, 0.25) is 0 Å². The molecule has 1 aromatic carbocycles. The van der Waals surface area contributed by atoms with Crippen molar-refractivity contribution >= 4 is 27.5 Å². The smallest absolute Gasteiger partial charge is 0.313 e. The van der Waals surface area contributed by atoms with Crippen molar-refractivity contribution in [3.05, 3.63) is 30.2 Å². The molecule has 1 aromatic heterocycles. The van der Waals surface area contributed by atoms with Crippen LogP contribution in [0, 0.1) is 0 Å². The highest BCUT2D eigenvalue weighted by atomic mass is 32.2. The van der Waals surface area contributed by atoms with Crippen LogP contribution in [0.3, 0.4) is 0 Å². The van der Waals surface area contributed by atoms with Crippen LogP contribution in [0.25, 0.3) is 0 Å². The number of methoxy groups -OCH3 is 1. The minimum Gasteiger partial charge on any atom is -0.495 e. The highest BCUT2D eigenvalue weighted by molar-refractivity contribution is 7.91. The van der Waals surface area contributed by atoms with Gasteiger partial charge in [0.25, 0.3) is 6.01 Å². The zero-order valence-electron chi connectivity index (χ0n) is 14.2. The van der Waals surface area contributed by atoms with Gasteiger partial charge in [-0.1, -0.05) is 6.92 Å². The van der Waals surface area contributed by atoms with Crippen molar-refractivity contribution in [3.63, 3.8) is 0 Å². The van der Waals surface area contributed by atoms with Crippen LogP contribution in [0.5, 0.6) is 5.75 Å². The average Bonchev–Trinajstić information content (AvgIpc) is 3.01. The van der Waals surface area contributed by atoms with E-state index in [2.05, 4.69) is 10.3 Å². The standard InChI is InChI=1S/C16H20N2O6S/c1-4-23-15(19)8-11-10-17-16(24-11)18-13-9-12(25(20,21)5-2)6-7-14(13)22-3/h6-7,9-10H,4-5,8H2,1-3H3,(H,17,18). The van der Waals surface area contributed by atoms with Gasteiger partial charge < -0.3 is 19.2 Å². The first-order chi connectivity index (χ1) is 11.9. The molecule has 1 N–H and O–H groups in total. The number of nitrogens with zero attached hydrogens (tertiary/aromatic N) is 1. The third kappa shape index (κ3) is 4.72. The van der Waals surface area contributed by atoms with Gasteiger partial charge in [-0.15, -0.1) is 0 Å². The number of ether oxygens (including phenoxy) is 2. The van der Waals surface area contributed by atoms with Gasteiger partial charge >= 0.3 is 5.97 Å². The number of carbonyl (C=O) groups is 1. The summed E-state index contributed by atoms with van der Waals surface area (Å²) in [5.74, 6) is 0.331. The average molecular weight is 368 g/mol. The van der Waals surface area contributed by atoms with E-state index in [9.17, 15) is 13.2 Å². The molecule has 0 aliphatic heterocycles. The molecule has 2 rings (SSSR count). The summed E-state index contributed by atoms with van der Waals surface area (Å²) < 4.78 is 39.6. The molecule has 0 spiro atoms. The molecule has 136 valence electrons. The second kappa shape index (κ2) is 8.02. The van der Waals surface area contributed by atoms with E-state index in [-0.39, 0.29) is 29.7 Å². The number of anilines is 2. The van der Waals surface area contributed by atoms with Gasteiger partial charge in [0.05, 0.1) is 36.2 Å². The van der Waals surface area contributed by atoms with Gasteiger partial charge in [0.1, 0.15) is 17.9 Å². The Bertz CT molecular complexity index is 844. The first kappa shape index (κ1) is 18.8. The van der Waals surface area contributed by atoms with Crippen LogP contribution in [-0.4, -0.2) is 38.8 Å². The number of hydrogen-bond donors (Lipinski definition) is 1. The van der Waals surface area contributed by atoms with Crippen molar-refractivity contribution < 1.29 is 27.1 Å². The lowest BCUT2D eigenvalue weighted by Gasteiger charge is -2.10. The number of carbonyl (C=O) groups excluding carboxylic acids is 1. The third-order valence-corrected chi connectivity index (χ3v) is 5.06. The Morgan fingerprint density at radius 2 is 2.08 bits per heavy atom. The van der Waals surface area contributed by atoms with Gasteiger partial charge in [0.2, 0.25) is 0 Å². The Morgan fingerprint density at radius 3 is 2.72 bits per heavy atom. The number of rotatable bonds is 8. The molecule has 2 aromatic rings. The first-order valence-electron chi connectivity index (χ1n) is 7.67. The van der Waals surface area contributed by atoms with Crippen molar-refractivity contribution in [1.82, 2.24) is 4.98 Å². The number of benzene rings is 1. The van der Waals surface area contributed by atoms with Crippen molar-refractivity contribution in [2.45, 2.75) is 25.2 Å². The molecule has 0 amide bonds. The summed E-state index contributed by atoms with van der Waals surface area (Å²) in [5, 5.41) is 2.87. The molecule has 8 nitrogen and oxygen atoms in total. The van der Waals surface area contributed by atoms with E-state index in [4.69, 9.17) is 13.9 Å². The maximum atomic E-state index is 12.0. The van der Waals surface area contributed by atoms with Gasteiger partial charge in [0, 0.05) is 0 Å². The van der Waals surface area contributed by atoms with Crippen molar-refractivity contribution in [2.75, 3.05) is 24.8 Å². The predicted octanol–water partition coefficient (Wildman–Crippen LogP) is 2.33. The topological polar surface area (TPSA) is 108 Å². The maximum absolute atomic E-state index is 12.0.